The maximum atomic E-state index is 14.5. The van der Waals surface area contributed by atoms with Crippen molar-refractivity contribution in [3.8, 4) is 0 Å². The number of anilines is 1. The number of benzene rings is 7. The van der Waals surface area contributed by atoms with Crippen LogP contribution in [0, 0.1) is 10.1 Å². The molecule has 6 nitrogen and oxygen atoms in total. The first kappa shape index (κ1) is 28.8. The standard InChI is InChI=1S/C41H32N2O4/c1-22(2)26-10-7-11-27(23(3)4)39(26)42-40(44)33-19-17-31-29-13-8-12-28-24(21-25-9-5-6-14-35(25)43(46)47)15-16-30(36(28)29)32-18-20-34(41(42)45)38(33)37(31)32/h5-20,22-23H,21H2,1-4H3. The van der Waals surface area contributed by atoms with E-state index in [1.54, 1.807) is 12.1 Å². The first-order valence-electron chi connectivity index (χ1n) is 16.1. The van der Waals surface area contributed by atoms with Gasteiger partial charge in [-0.3, -0.25) is 19.7 Å². The van der Waals surface area contributed by atoms with Gasteiger partial charge in [0.05, 0.1) is 10.6 Å². The van der Waals surface area contributed by atoms with E-state index >= 15 is 0 Å². The van der Waals surface area contributed by atoms with E-state index in [1.165, 1.54) is 4.90 Å². The molecular formula is C41H32N2O4. The third-order valence-corrected chi connectivity index (χ3v) is 9.87. The molecule has 47 heavy (non-hydrogen) atoms. The fourth-order valence-corrected chi connectivity index (χ4v) is 7.72. The van der Waals surface area contributed by atoms with E-state index in [1.807, 2.05) is 66.7 Å². The Bertz CT molecular complexity index is 2380. The number of hydrogen-bond donors (Lipinski definition) is 0. The van der Waals surface area contributed by atoms with Crippen LogP contribution in [0.2, 0.25) is 0 Å². The number of imide groups is 1. The smallest absolute Gasteiger partial charge is 0.268 e. The number of amides is 2. The SMILES string of the molecule is CC(C)c1cccc(C(C)C)c1N1C(=O)c2ccc3c4cccc5c(Cc6ccccc6[N+](=O)[O-])ccc(c6ccc(c2c36)C1=O)c54. The Morgan fingerprint density at radius 2 is 1.11 bits per heavy atom. The number of nitrogens with zero attached hydrogens (tertiary/aromatic N) is 2. The first-order valence-corrected chi connectivity index (χ1v) is 16.1. The summed E-state index contributed by atoms with van der Waals surface area (Å²) in [7, 11) is 0. The molecule has 0 radical (unpaired) electrons. The van der Waals surface area contributed by atoms with E-state index in [0.29, 0.717) is 34.2 Å². The Labute approximate surface area is 271 Å². The lowest BCUT2D eigenvalue weighted by molar-refractivity contribution is -0.385. The molecule has 0 saturated heterocycles. The van der Waals surface area contributed by atoms with Crippen molar-refractivity contribution in [2.24, 2.45) is 0 Å². The number of para-hydroxylation sites is 2. The summed E-state index contributed by atoms with van der Waals surface area (Å²) in [5.41, 5.74) is 5.47. The number of fused-ring (bicyclic) bond motifs is 2. The molecule has 230 valence electrons. The van der Waals surface area contributed by atoms with Crippen LogP contribution in [-0.4, -0.2) is 16.7 Å². The Morgan fingerprint density at radius 3 is 1.72 bits per heavy atom. The summed E-state index contributed by atoms with van der Waals surface area (Å²) in [6, 6.07) is 31.0. The average molecular weight is 617 g/mol. The van der Waals surface area contributed by atoms with Gasteiger partial charge in [0, 0.05) is 34.6 Å². The molecule has 6 heteroatoms. The summed E-state index contributed by atoms with van der Waals surface area (Å²) in [6.07, 6.45) is 0.423. The molecule has 0 N–H and O–H groups in total. The summed E-state index contributed by atoms with van der Waals surface area (Å²) >= 11 is 0. The molecule has 0 atom stereocenters. The van der Waals surface area contributed by atoms with Crippen molar-refractivity contribution < 1.29 is 14.5 Å². The second-order valence-corrected chi connectivity index (χ2v) is 13.2. The van der Waals surface area contributed by atoms with Crippen LogP contribution in [0.3, 0.4) is 0 Å². The molecule has 0 spiro atoms. The molecule has 8 rings (SSSR count). The lowest BCUT2D eigenvalue weighted by Gasteiger charge is -2.32. The van der Waals surface area contributed by atoms with Gasteiger partial charge in [0.15, 0.2) is 0 Å². The molecule has 1 aliphatic rings. The highest BCUT2D eigenvalue weighted by atomic mass is 16.6. The quantitative estimate of drug-likeness (QED) is 0.0612. The van der Waals surface area contributed by atoms with Gasteiger partial charge in [0.2, 0.25) is 0 Å². The molecule has 2 amide bonds. The van der Waals surface area contributed by atoms with Crippen LogP contribution in [-0.2, 0) is 6.42 Å². The number of nitro groups is 1. The third kappa shape index (κ3) is 4.10. The largest absolute Gasteiger partial charge is 0.272 e. The normalized spacial score (nSPS) is 13.4. The molecule has 1 aliphatic heterocycles. The van der Waals surface area contributed by atoms with Crippen molar-refractivity contribution in [3.63, 3.8) is 0 Å². The molecule has 0 fully saturated rings. The van der Waals surface area contributed by atoms with Gasteiger partial charge in [-0.1, -0.05) is 107 Å². The molecule has 7 aromatic rings. The fraction of sp³-hybridized carbons (Fsp3) is 0.171. The van der Waals surface area contributed by atoms with Crippen LogP contribution in [0.1, 0.15) is 82.5 Å². The molecule has 7 aromatic carbocycles. The summed E-state index contributed by atoms with van der Waals surface area (Å²) < 4.78 is 0. The van der Waals surface area contributed by atoms with Crippen molar-refractivity contribution in [2.75, 3.05) is 4.90 Å². The highest BCUT2D eigenvalue weighted by molar-refractivity contribution is 6.42. The summed E-state index contributed by atoms with van der Waals surface area (Å²) in [4.78, 5) is 41.8. The van der Waals surface area contributed by atoms with Crippen LogP contribution in [0.15, 0.2) is 97.1 Å². The van der Waals surface area contributed by atoms with Gasteiger partial charge in [0.1, 0.15) is 0 Å². The van der Waals surface area contributed by atoms with Crippen molar-refractivity contribution in [1.29, 1.82) is 0 Å². The Balaban J connectivity index is 1.37. The Hall–Kier alpha value is -5.62. The minimum atomic E-state index is -0.328. The predicted molar refractivity (Wildman–Crippen MR) is 189 cm³/mol. The van der Waals surface area contributed by atoms with Crippen molar-refractivity contribution in [3.05, 3.63) is 141 Å². The molecule has 0 bridgehead atoms. The van der Waals surface area contributed by atoms with Crippen LogP contribution >= 0.6 is 0 Å². The lowest BCUT2D eigenvalue weighted by Crippen LogP contribution is -2.41. The van der Waals surface area contributed by atoms with E-state index < -0.39 is 0 Å². The van der Waals surface area contributed by atoms with Gasteiger partial charge in [-0.25, -0.2) is 4.90 Å². The summed E-state index contributed by atoms with van der Waals surface area (Å²) in [5.74, 6) is -0.359. The monoisotopic (exact) mass is 616 g/mol. The van der Waals surface area contributed by atoms with E-state index in [-0.39, 0.29) is 34.3 Å². The predicted octanol–water partition coefficient (Wildman–Crippen LogP) is 10.3. The van der Waals surface area contributed by atoms with Crippen molar-refractivity contribution >= 4 is 66.3 Å². The van der Waals surface area contributed by atoms with E-state index in [9.17, 15) is 19.7 Å². The van der Waals surface area contributed by atoms with Crippen molar-refractivity contribution in [1.82, 2.24) is 0 Å². The van der Waals surface area contributed by atoms with Gasteiger partial charge in [-0.2, -0.15) is 0 Å². The summed E-state index contributed by atoms with van der Waals surface area (Å²) in [5, 5.41) is 19.5. The van der Waals surface area contributed by atoms with Gasteiger partial charge < -0.3 is 0 Å². The maximum Gasteiger partial charge on any atom is 0.272 e. The molecule has 0 aromatic heterocycles. The number of carbonyl (C=O) groups is 2. The number of nitro benzene ring substituents is 1. The summed E-state index contributed by atoms with van der Waals surface area (Å²) in [6.45, 7) is 8.36. The zero-order valence-electron chi connectivity index (χ0n) is 26.6. The zero-order valence-corrected chi connectivity index (χ0v) is 26.6. The Kier molecular flexibility index (Phi) is 6.41. The number of hydrogen-bond acceptors (Lipinski definition) is 4. The minimum Gasteiger partial charge on any atom is -0.268 e. The second-order valence-electron chi connectivity index (χ2n) is 13.2. The van der Waals surface area contributed by atoms with Crippen LogP contribution < -0.4 is 4.90 Å². The Morgan fingerprint density at radius 1 is 0.574 bits per heavy atom. The van der Waals surface area contributed by atoms with Gasteiger partial charge in [-0.05, 0) is 78.4 Å². The molecule has 1 heterocycles. The molecule has 0 unspecified atom stereocenters. The molecule has 0 aliphatic carbocycles. The number of rotatable bonds is 6. The molecular weight excluding hydrogens is 584 g/mol. The van der Waals surface area contributed by atoms with Gasteiger partial charge in [0.25, 0.3) is 17.5 Å². The van der Waals surface area contributed by atoms with E-state index in [0.717, 1.165) is 54.4 Å². The lowest BCUT2D eigenvalue weighted by atomic mass is 9.83. The van der Waals surface area contributed by atoms with Crippen LogP contribution in [0.4, 0.5) is 11.4 Å². The maximum absolute atomic E-state index is 14.5. The number of carbonyl (C=O) groups excluding carboxylic acids is 2. The van der Waals surface area contributed by atoms with E-state index in [2.05, 4.69) is 45.9 Å². The van der Waals surface area contributed by atoms with Crippen LogP contribution in [0.25, 0.3) is 43.1 Å². The topological polar surface area (TPSA) is 80.5 Å². The van der Waals surface area contributed by atoms with Gasteiger partial charge in [-0.15, -0.1) is 0 Å². The second kappa shape index (κ2) is 10.5. The first-order chi connectivity index (χ1) is 22.7. The third-order valence-electron chi connectivity index (χ3n) is 9.87. The zero-order chi connectivity index (χ0) is 32.7. The minimum absolute atomic E-state index is 0.109. The van der Waals surface area contributed by atoms with Gasteiger partial charge >= 0.3 is 0 Å². The highest BCUT2D eigenvalue weighted by Gasteiger charge is 2.38. The highest BCUT2D eigenvalue weighted by Crippen LogP contribution is 2.46. The average Bonchev–Trinajstić information content (AvgIpc) is 3.06. The van der Waals surface area contributed by atoms with Crippen molar-refractivity contribution in [2.45, 2.75) is 46.0 Å². The van der Waals surface area contributed by atoms with E-state index in [4.69, 9.17) is 0 Å². The van der Waals surface area contributed by atoms with Crippen LogP contribution in [0.5, 0.6) is 0 Å². The molecule has 0 saturated carbocycles. The fourth-order valence-electron chi connectivity index (χ4n) is 7.72.